The summed E-state index contributed by atoms with van der Waals surface area (Å²) >= 11 is 0. The first-order chi connectivity index (χ1) is 11.1. The lowest BCUT2D eigenvalue weighted by atomic mass is 9.95. The molecular weight excluding hydrogens is 283 g/mol. The number of aryl methyl sites for hydroxylation is 1. The number of halogens is 1. The zero-order chi connectivity index (χ0) is 17.1. The smallest absolute Gasteiger partial charge is 0.126 e. The summed E-state index contributed by atoms with van der Waals surface area (Å²) in [5, 5.41) is 0. The summed E-state index contributed by atoms with van der Waals surface area (Å²) in [6.07, 6.45) is 15.6. The van der Waals surface area contributed by atoms with E-state index >= 15 is 0 Å². The van der Waals surface area contributed by atoms with Crippen LogP contribution in [0.5, 0.6) is 0 Å². The van der Waals surface area contributed by atoms with Gasteiger partial charge in [0.2, 0.25) is 0 Å². The second-order valence-corrected chi connectivity index (χ2v) is 6.58. The van der Waals surface area contributed by atoms with E-state index in [0.29, 0.717) is 11.5 Å². The number of rotatable bonds is 10. The van der Waals surface area contributed by atoms with E-state index in [1.807, 2.05) is 19.1 Å². The van der Waals surface area contributed by atoms with Crippen LogP contribution in [0, 0.1) is 18.7 Å². The maximum absolute atomic E-state index is 13.5. The molecule has 0 saturated heterocycles. The van der Waals surface area contributed by atoms with Crippen molar-refractivity contribution < 1.29 is 4.39 Å². The standard InChI is InChI=1S/C22H33F/c1-5-7-9-10-11-12-18(3)16-20(13-8-6-2)21-14-15-22(23)19(4)17-21/h8,13-18H,5-7,9-12H2,1-4H3. The van der Waals surface area contributed by atoms with E-state index in [-0.39, 0.29) is 5.82 Å². The topological polar surface area (TPSA) is 0 Å². The largest absolute Gasteiger partial charge is 0.207 e. The Morgan fingerprint density at radius 3 is 2.52 bits per heavy atom. The van der Waals surface area contributed by atoms with E-state index in [0.717, 1.165) is 12.0 Å². The highest BCUT2D eigenvalue weighted by Crippen LogP contribution is 2.23. The van der Waals surface area contributed by atoms with Crippen LogP contribution in [0.15, 0.2) is 36.4 Å². The second kappa shape index (κ2) is 11.2. The molecule has 0 aliphatic rings. The fourth-order valence-electron chi connectivity index (χ4n) is 2.78. The van der Waals surface area contributed by atoms with Gasteiger partial charge in [-0.15, -0.1) is 0 Å². The molecule has 0 aromatic heterocycles. The SMILES string of the molecule is CCC=CC(=CC(C)CCCCCCC)c1ccc(F)c(C)c1. The van der Waals surface area contributed by atoms with Crippen molar-refractivity contribution in [3.8, 4) is 0 Å². The highest BCUT2D eigenvalue weighted by atomic mass is 19.1. The summed E-state index contributed by atoms with van der Waals surface area (Å²) in [5.74, 6) is 0.426. The highest BCUT2D eigenvalue weighted by molar-refractivity contribution is 5.74. The average Bonchev–Trinajstić information content (AvgIpc) is 2.54. The number of allylic oxidation sites excluding steroid dienone is 4. The van der Waals surface area contributed by atoms with Crippen molar-refractivity contribution in [1.82, 2.24) is 0 Å². The molecule has 0 aliphatic heterocycles. The van der Waals surface area contributed by atoms with Gasteiger partial charge < -0.3 is 0 Å². The van der Waals surface area contributed by atoms with Gasteiger partial charge >= 0.3 is 0 Å². The third-order valence-corrected chi connectivity index (χ3v) is 4.25. The van der Waals surface area contributed by atoms with E-state index < -0.39 is 0 Å². The first-order valence-electron chi connectivity index (χ1n) is 9.23. The molecule has 1 heteroatoms. The van der Waals surface area contributed by atoms with Crippen LogP contribution in [0.3, 0.4) is 0 Å². The monoisotopic (exact) mass is 316 g/mol. The first-order valence-corrected chi connectivity index (χ1v) is 9.23. The Balaban J connectivity index is 2.75. The molecule has 0 fully saturated rings. The predicted molar refractivity (Wildman–Crippen MR) is 101 cm³/mol. The third-order valence-electron chi connectivity index (χ3n) is 4.25. The minimum atomic E-state index is -0.128. The fraction of sp³-hybridized carbons (Fsp3) is 0.545. The van der Waals surface area contributed by atoms with Crippen molar-refractivity contribution in [3.05, 3.63) is 53.4 Å². The molecule has 1 rings (SSSR count). The molecule has 23 heavy (non-hydrogen) atoms. The Labute approximate surface area is 142 Å². The van der Waals surface area contributed by atoms with Crippen LogP contribution in [0.25, 0.3) is 5.57 Å². The Hall–Kier alpha value is -1.37. The lowest BCUT2D eigenvalue weighted by Crippen LogP contribution is -1.94. The molecule has 128 valence electrons. The van der Waals surface area contributed by atoms with Gasteiger partial charge in [-0.3, -0.25) is 0 Å². The van der Waals surface area contributed by atoms with Crippen LogP contribution in [-0.4, -0.2) is 0 Å². The molecule has 0 saturated carbocycles. The molecule has 0 nitrogen and oxygen atoms in total. The van der Waals surface area contributed by atoms with E-state index in [2.05, 4.69) is 39.0 Å². The van der Waals surface area contributed by atoms with Crippen LogP contribution in [0.2, 0.25) is 0 Å². The van der Waals surface area contributed by atoms with Gasteiger partial charge in [0.1, 0.15) is 5.82 Å². The molecule has 0 bridgehead atoms. The van der Waals surface area contributed by atoms with Gasteiger partial charge in [-0.2, -0.15) is 0 Å². The second-order valence-electron chi connectivity index (χ2n) is 6.58. The van der Waals surface area contributed by atoms with Gasteiger partial charge in [-0.1, -0.05) is 77.2 Å². The van der Waals surface area contributed by atoms with Crippen molar-refractivity contribution in [2.24, 2.45) is 5.92 Å². The van der Waals surface area contributed by atoms with E-state index in [1.54, 1.807) is 6.07 Å². The number of benzene rings is 1. The minimum Gasteiger partial charge on any atom is -0.207 e. The molecular formula is C22H33F. The number of hydrogen-bond donors (Lipinski definition) is 0. The van der Waals surface area contributed by atoms with Crippen LogP contribution in [0.1, 0.15) is 76.8 Å². The number of unbranched alkanes of at least 4 members (excludes halogenated alkanes) is 4. The molecule has 0 radical (unpaired) electrons. The maximum Gasteiger partial charge on any atom is 0.126 e. The summed E-state index contributed by atoms with van der Waals surface area (Å²) < 4.78 is 13.5. The molecule has 0 aliphatic carbocycles. The van der Waals surface area contributed by atoms with Crippen molar-refractivity contribution in [2.75, 3.05) is 0 Å². The molecule has 0 heterocycles. The zero-order valence-electron chi connectivity index (χ0n) is 15.4. The summed E-state index contributed by atoms with van der Waals surface area (Å²) in [7, 11) is 0. The van der Waals surface area contributed by atoms with E-state index in [4.69, 9.17) is 0 Å². The first kappa shape index (κ1) is 19.7. The van der Waals surface area contributed by atoms with Crippen LogP contribution in [0.4, 0.5) is 4.39 Å². The lowest BCUT2D eigenvalue weighted by molar-refractivity contribution is 0.551. The van der Waals surface area contributed by atoms with Crippen molar-refractivity contribution in [1.29, 1.82) is 0 Å². The molecule has 1 atom stereocenters. The lowest BCUT2D eigenvalue weighted by Gasteiger charge is -2.11. The van der Waals surface area contributed by atoms with Crippen molar-refractivity contribution >= 4 is 5.57 Å². The molecule has 1 aromatic carbocycles. The quantitative estimate of drug-likeness (QED) is 0.310. The summed E-state index contributed by atoms with van der Waals surface area (Å²) in [5.41, 5.74) is 3.05. The highest BCUT2D eigenvalue weighted by Gasteiger charge is 2.05. The Bertz CT molecular complexity index is 511. The van der Waals surface area contributed by atoms with Gasteiger partial charge in [0.25, 0.3) is 0 Å². The van der Waals surface area contributed by atoms with Gasteiger partial charge in [0.15, 0.2) is 0 Å². The Morgan fingerprint density at radius 1 is 1.13 bits per heavy atom. The van der Waals surface area contributed by atoms with Gasteiger partial charge in [-0.25, -0.2) is 4.39 Å². The predicted octanol–water partition coefficient (Wildman–Crippen LogP) is 7.48. The number of hydrogen-bond acceptors (Lipinski definition) is 0. The summed E-state index contributed by atoms with van der Waals surface area (Å²) in [6.45, 7) is 8.51. The van der Waals surface area contributed by atoms with Crippen molar-refractivity contribution in [2.45, 2.75) is 72.6 Å². The maximum atomic E-state index is 13.5. The molecule has 1 aromatic rings. The fourth-order valence-corrected chi connectivity index (χ4v) is 2.78. The van der Waals surface area contributed by atoms with Crippen LogP contribution < -0.4 is 0 Å². The zero-order valence-corrected chi connectivity index (χ0v) is 15.4. The Morgan fingerprint density at radius 2 is 1.87 bits per heavy atom. The molecule has 1 unspecified atom stereocenters. The Kier molecular flexibility index (Phi) is 9.59. The molecule has 0 N–H and O–H groups in total. The van der Waals surface area contributed by atoms with Crippen molar-refractivity contribution in [3.63, 3.8) is 0 Å². The summed E-state index contributed by atoms with van der Waals surface area (Å²) in [4.78, 5) is 0. The van der Waals surface area contributed by atoms with Gasteiger partial charge in [-0.05, 0) is 54.5 Å². The van der Waals surface area contributed by atoms with E-state index in [1.165, 1.54) is 44.1 Å². The molecule has 0 amide bonds. The van der Waals surface area contributed by atoms with Crippen LogP contribution in [-0.2, 0) is 0 Å². The molecule has 0 spiro atoms. The van der Waals surface area contributed by atoms with Gasteiger partial charge in [0.05, 0.1) is 0 Å². The van der Waals surface area contributed by atoms with Crippen LogP contribution >= 0.6 is 0 Å². The van der Waals surface area contributed by atoms with Gasteiger partial charge in [0, 0.05) is 0 Å². The average molecular weight is 317 g/mol. The minimum absolute atomic E-state index is 0.128. The third kappa shape index (κ3) is 7.63. The van der Waals surface area contributed by atoms with E-state index in [9.17, 15) is 4.39 Å². The normalized spacial score (nSPS) is 13.7. The summed E-state index contributed by atoms with van der Waals surface area (Å²) in [6, 6.07) is 5.42.